The Morgan fingerprint density at radius 2 is 1.63 bits per heavy atom. The van der Waals surface area contributed by atoms with Crippen LogP contribution in [0.4, 0.5) is 5.69 Å². The highest BCUT2D eigenvalue weighted by Crippen LogP contribution is 2.38. The molecule has 8 nitrogen and oxygen atoms in total. The average molecular weight is 573 g/mol. The highest BCUT2D eigenvalue weighted by Gasteiger charge is 2.28. The summed E-state index contributed by atoms with van der Waals surface area (Å²) in [5, 5.41) is 4.89. The molecule has 212 valence electrons. The van der Waals surface area contributed by atoms with Crippen molar-refractivity contribution in [3.05, 3.63) is 87.2 Å². The lowest BCUT2D eigenvalue weighted by Crippen LogP contribution is -2.48. The fourth-order valence-corrected chi connectivity index (χ4v) is 6.20. The van der Waals surface area contributed by atoms with E-state index in [1.807, 2.05) is 36.4 Å². The van der Waals surface area contributed by atoms with E-state index in [4.69, 9.17) is 21.1 Å². The molecule has 2 aliphatic rings. The third-order valence-electron chi connectivity index (χ3n) is 8.14. The molecule has 4 aromatic rings. The van der Waals surface area contributed by atoms with Crippen LogP contribution in [0.3, 0.4) is 0 Å². The number of aromatic nitrogens is 1. The van der Waals surface area contributed by atoms with Crippen molar-refractivity contribution >= 4 is 34.0 Å². The number of nitrogens with one attached hydrogen (secondary N) is 1. The van der Waals surface area contributed by atoms with Crippen molar-refractivity contribution in [1.82, 2.24) is 14.8 Å². The van der Waals surface area contributed by atoms with Crippen LogP contribution in [-0.4, -0.2) is 68.9 Å². The number of rotatable bonds is 7. The predicted molar refractivity (Wildman–Crippen MR) is 163 cm³/mol. The second kappa shape index (κ2) is 11.5. The monoisotopic (exact) mass is 572 g/mol. The first kappa shape index (κ1) is 27.2. The number of carbonyl (C=O) groups excluding carboxylic acids is 1. The summed E-state index contributed by atoms with van der Waals surface area (Å²) in [6, 6.07) is 19.4. The smallest absolute Gasteiger partial charge is 0.259 e. The first-order chi connectivity index (χ1) is 20.0. The van der Waals surface area contributed by atoms with Crippen molar-refractivity contribution in [3.63, 3.8) is 0 Å². The van der Waals surface area contributed by atoms with Crippen LogP contribution in [0.25, 0.3) is 22.0 Å². The van der Waals surface area contributed by atoms with E-state index in [-0.39, 0.29) is 11.5 Å². The van der Waals surface area contributed by atoms with E-state index in [0.29, 0.717) is 46.6 Å². The van der Waals surface area contributed by atoms with Crippen molar-refractivity contribution in [2.75, 3.05) is 58.4 Å². The zero-order chi connectivity index (χ0) is 28.5. The Morgan fingerprint density at radius 1 is 0.902 bits per heavy atom. The number of anilines is 1. The van der Waals surface area contributed by atoms with Gasteiger partial charge in [0.25, 0.3) is 11.5 Å². The maximum atomic E-state index is 14.0. The number of ether oxygens (including phenoxy) is 2. The van der Waals surface area contributed by atoms with Crippen molar-refractivity contribution < 1.29 is 14.3 Å². The van der Waals surface area contributed by atoms with Crippen molar-refractivity contribution in [3.8, 4) is 22.8 Å². The number of nitrogens with zero attached hydrogens (tertiary/aromatic N) is 3. The van der Waals surface area contributed by atoms with Crippen LogP contribution in [0.5, 0.6) is 11.5 Å². The van der Waals surface area contributed by atoms with Gasteiger partial charge in [-0.2, -0.15) is 0 Å². The average Bonchev–Trinajstić information content (AvgIpc) is 3.00. The van der Waals surface area contributed by atoms with Gasteiger partial charge in [0.05, 0.1) is 30.9 Å². The minimum Gasteiger partial charge on any atom is -0.493 e. The second-order valence-corrected chi connectivity index (χ2v) is 10.8. The second-order valence-electron chi connectivity index (χ2n) is 10.4. The van der Waals surface area contributed by atoms with Gasteiger partial charge < -0.3 is 24.3 Å². The lowest BCUT2D eigenvalue weighted by Gasteiger charge is -2.36. The van der Waals surface area contributed by atoms with Gasteiger partial charge >= 0.3 is 0 Å². The van der Waals surface area contributed by atoms with Gasteiger partial charge in [-0.3, -0.25) is 14.5 Å². The molecule has 2 aliphatic heterocycles. The van der Waals surface area contributed by atoms with Gasteiger partial charge in [0.2, 0.25) is 0 Å². The van der Waals surface area contributed by atoms with Crippen LogP contribution >= 0.6 is 11.6 Å². The molecule has 0 bridgehead atoms. The van der Waals surface area contributed by atoms with Gasteiger partial charge in [0.15, 0.2) is 11.5 Å². The summed E-state index contributed by atoms with van der Waals surface area (Å²) in [6.07, 6.45) is 0.726. The van der Waals surface area contributed by atoms with E-state index < -0.39 is 0 Å². The van der Waals surface area contributed by atoms with Gasteiger partial charge in [-0.15, -0.1) is 0 Å². The molecule has 1 fully saturated rings. The Balaban J connectivity index is 1.27. The van der Waals surface area contributed by atoms with E-state index in [0.717, 1.165) is 61.0 Å². The predicted octanol–water partition coefficient (Wildman–Crippen LogP) is 4.45. The summed E-state index contributed by atoms with van der Waals surface area (Å²) in [5.41, 5.74) is 4.17. The van der Waals surface area contributed by atoms with Crippen molar-refractivity contribution in [2.24, 2.45) is 0 Å². The number of carbonyl (C=O) groups is 1. The Bertz CT molecular complexity index is 1680. The first-order valence-electron chi connectivity index (χ1n) is 13.9. The summed E-state index contributed by atoms with van der Waals surface area (Å²) < 4.78 is 12.8. The first-order valence-corrected chi connectivity index (χ1v) is 14.3. The van der Waals surface area contributed by atoms with Gasteiger partial charge in [0, 0.05) is 67.5 Å². The Morgan fingerprint density at radius 3 is 2.37 bits per heavy atom. The van der Waals surface area contributed by atoms with E-state index in [1.54, 1.807) is 30.9 Å². The molecule has 1 amide bonds. The van der Waals surface area contributed by atoms with Gasteiger partial charge in [0.1, 0.15) is 0 Å². The molecule has 41 heavy (non-hydrogen) atoms. The van der Waals surface area contributed by atoms with Crippen LogP contribution in [0.2, 0.25) is 5.02 Å². The van der Waals surface area contributed by atoms with E-state index in [2.05, 4.69) is 27.2 Å². The SMILES string of the molecule is COc1cc2c(C(=O)NCCN3CCN(c4cccc(Cl)c4)CC3)c3n(c(=O)c2cc1OC)CCc1ccccc1-3. The molecular weight excluding hydrogens is 540 g/mol. The standard InChI is InChI=1S/C32H33ClN4O4/c1-40-27-19-25-26(20-28(27)41-2)32(39)37-12-10-21-6-3-4-9-24(21)30(37)29(25)31(38)34-11-13-35-14-16-36(17-15-35)23-8-5-7-22(33)18-23/h3-9,18-20H,10-17H2,1-2H3,(H,34,38). The number of piperazine rings is 1. The zero-order valence-electron chi connectivity index (χ0n) is 23.3. The summed E-state index contributed by atoms with van der Waals surface area (Å²) in [6.45, 7) is 5.31. The number of fused-ring (bicyclic) bond motifs is 4. The third kappa shape index (κ3) is 5.13. The van der Waals surface area contributed by atoms with Crippen molar-refractivity contribution in [2.45, 2.75) is 13.0 Å². The molecule has 3 aromatic carbocycles. The molecule has 9 heteroatoms. The highest BCUT2D eigenvalue weighted by molar-refractivity contribution is 6.30. The molecule has 0 aliphatic carbocycles. The number of amides is 1. The van der Waals surface area contributed by atoms with E-state index in [1.165, 1.54) is 0 Å². The van der Waals surface area contributed by atoms with Crippen LogP contribution in [0, 0.1) is 0 Å². The molecule has 0 saturated carbocycles. The fourth-order valence-electron chi connectivity index (χ4n) is 6.02. The topological polar surface area (TPSA) is 76.0 Å². The van der Waals surface area contributed by atoms with Crippen molar-refractivity contribution in [1.29, 1.82) is 0 Å². The van der Waals surface area contributed by atoms with Gasteiger partial charge in [-0.25, -0.2) is 0 Å². The van der Waals surface area contributed by atoms with Gasteiger partial charge in [-0.1, -0.05) is 41.9 Å². The number of methoxy groups -OCH3 is 2. The Labute approximate surface area is 244 Å². The normalized spacial score (nSPS) is 14.9. The maximum absolute atomic E-state index is 14.0. The largest absolute Gasteiger partial charge is 0.493 e. The summed E-state index contributed by atoms with van der Waals surface area (Å²) in [5.74, 6) is 0.720. The van der Waals surface area contributed by atoms with Crippen LogP contribution in [0.15, 0.2) is 65.5 Å². The minimum absolute atomic E-state index is 0.139. The maximum Gasteiger partial charge on any atom is 0.259 e. The molecule has 0 radical (unpaired) electrons. The molecule has 0 unspecified atom stereocenters. The fraction of sp³-hybridized carbons (Fsp3) is 0.312. The number of aryl methyl sites for hydroxylation is 1. The Hall–Kier alpha value is -4.01. The number of benzene rings is 3. The summed E-state index contributed by atoms with van der Waals surface area (Å²) in [4.78, 5) is 32.4. The number of hydrogen-bond acceptors (Lipinski definition) is 6. The molecule has 0 spiro atoms. The summed E-state index contributed by atoms with van der Waals surface area (Å²) >= 11 is 6.18. The molecule has 0 atom stereocenters. The zero-order valence-corrected chi connectivity index (χ0v) is 24.0. The Kier molecular flexibility index (Phi) is 7.60. The van der Waals surface area contributed by atoms with Crippen LogP contribution in [-0.2, 0) is 13.0 Å². The molecular formula is C32H33ClN4O4. The number of hydrogen-bond donors (Lipinski definition) is 1. The molecule has 6 rings (SSSR count). The number of pyridine rings is 1. The highest BCUT2D eigenvalue weighted by atomic mass is 35.5. The van der Waals surface area contributed by atoms with E-state index in [9.17, 15) is 9.59 Å². The minimum atomic E-state index is -0.208. The van der Waals surface area contributed by atoms with Crippen LogP contribution in [0.1, 0.15) is 15.9 Å². The molecule has 1 aromatic heterocycles. The molecule has 1 saturated heterocycles. The van der Waals surface area contributed by atoms with Gasteiger partial charge in [-0.05, 0) is 42.3 Å². The van der Waals surface area contributed by atoms with Crippen LogP contribution < -0.4 is 25.2 Å². The molecule has 1 N–H and O–H groups in total. The number of halogens is 1. The lowest BCUT2D eigenvalue weighted by atomic mass is 9.91. The summed E-state index contributed by atoms with van der Waals surface area (Å²) in [7, 11) is 3.09. The third-order valence-corrected chi connectivity index (χ3v) is 8.37. The molecule has 3 heterocycles. The quantitative estimate of drug-likeness (QED) is 0.353. The lowest BCUT2D eigenvalue weighted by molar-refractivity contribution is 0.0949. The van der Waals surface area contributed by atoms with E-state index >= 15 is 0 Å².